The summed E-state index contributed by atoms with van der Waals surface area (Å²) in [6, 6.07) is 3.56. The topological polar surface area (TPSA) is 85.7 Å². The molecule has 1 amide bonds. The van der Waals surface area contributed by atoms with Gasteiger partial charge in [-0.2, -0.15) is 0 Å². The van der Waals surface area contributed by atoms with Crippen LogP contribution in [-0.4, -0.2) is 64.9 Å². The third-order valence-corrected chi connectivity index (χ3v) is 4.36. The van der Waals surface area contributed by atoms with Gasteiger partial charge in [0.25, 0.3) is 0 Å². The number of rotatable bonds is 4. The summed E-state index contributed by atoms with van der Waals surface area (Å²) in [5.41, 5.74) is 0.769. The minimum Gasteiger partial charge on any atom is -0.443 e. The maximum absolute atomic E-state index is 12.9. The molecule has 2 aromatic rings. The molecule has 1 N–H and O–H groups in total. The maximum atomic E-state index is 12.9. The summed E-state index contributed by atoms with van der Waals surface area (Å²) in [5.74, 6) is -0.0255. The second-order valence-electron chi connectivity index (χ2n) is 7.65. The Morgan fingerprint density at radius 1 is 1.41 bits per heavy atom. The smallest absolute Gasteiger partial charge is 0.419 e. The SMILES string of the molecule is COC[C@H]1CNCC(=O)N1Cc1cc2cnccc2n1C(=O)OC(C)(C)C. The van der Waals surface area contributed by atoms with Gasteiger partial charge in [-0.3, -0.25) is 9.78 Å². The molecule has 1 atom stereocenters. The molecule has 1 saturated heterocycles. The van der Waals surface area contributed by atoms with Gasteiger partial charge in [-0.15, -0.1) is 0 Å². The van der Waals surface area contributed by atoms with Crippen LogP contribution in [0.25, 0.3) is 10.9 Å². The number of nitrogens with zero attached hydrogens (tertiary/aromatic N) is 3. The highest BCUT2D eigenvalue weighted by Crippen LogP contribution is 2.23. The Hall–Kier alpha value is -2.45. The Morgan fingerprint density at radius 3 is 2.89 bits per heavy atom. The predicted octanol–water partition coefficient (Wildman–Crippen LogP) is 1.77. The highest BCUT2D eigenvalue weighted by Gasteiger charge is 2.30. The summed E-state index contributed by atoms with van der Waals surface area (Å²) in [4.78, 5) is 31.2. The molecule has 1 aliphatic rings. The molecule has 0 saturated carbocycles. The van der Waals surface area contributed by atoms with Crippen molar-refractivity contribution in [3.05, 3.63) is 30.2 Å². The lowest BCUT2D eigenvalue weighted by molar-refractivity contribution is -0.137. The maximum Gasteiger partial charge on any atom is 0.419 e. The van der Waals surface area contributed by atoms with Gasteiger partial charge < -0.3 is 19.7 Å². The molecule has 0 unspecified atom stereocenters. The Kier molecular flexibility index (Phi) is 5.48. The highest BCUT2D eigenvalue weighted by atomic mass is 16.6. The zero-order valence-corrected chi connectivity index (χ0v) is 16.2. The lowest BCUT2D eigenvalue weighted by Gasteiger charge is -2.35. The summed E-state index contributed by atoms with van der Waals surface area (Å²) in [6.45, 7) is 7.11. The molecule has 8 nitrogen and oxygen atoms in total. The van der Waals surface area contributed by atoms with Gasteiger partial charge >= 0.3 is 6.09 Å². The molecule has 0 aromatic carbocycles. The third-order valence-electron chi connectivity index (χ3n) is 4.36. The Bertz CT molecular complexity index is 838. The number of fused-ring (bicyclic) bond motifs is 1. The summed E-state index contributed by atoms with van der Waals surface area (Å²) in [5, 5.41) is 3.92. The number of hydrogen-bond donors (Lipinski definition) is 1. The van der Waals surface area contributed by atoms with E-state index in [1.54, 1.807) is 30.5 Å². The van der Waals surface area contributed by atoms with Crippen molar-refractivity contribution in [1.29, 1.82) is 0 Å². The quantitative estimate of drug-likeness (QED) is 0.878. The second-order valence-corrected chi connectivity index (χ2v) is 7.65. The molecular weight excluding hydrogens is 348 g/mol. The number of carbonyl (C=O) groups excluding carboxylic acids is 2. The van der Waals surface area contributed by atoms with Crippen LogP contribution >= 0.6 is 0 Å². The van der Waals surface area contributed by atoms with Gasteiger partial charge in [-0.1, -0.05) is 0 Å². The predicted molar refractivity (Wildman–Crippen MR) is 100 cm³/mol. The van der Waals surface area contributed by atoms with Crippen LogP contribution < -0.4 is 5.32 Å². The summed E-state index contributed by atoms with van der Waals surface area (Å²) in [6.07, 6.45) is 2.87. The number of aromatic nitrogens is 2. The van der Waals surface area contributed by atoms with E-state index in [0.717, 1.165) is 5.39 Å². The number of hydrogen-bond acceptors (Lipinski definition) is 6. The minimum absolute atomic E-state index is 0.0255. The number of methoxy groups -OCH3 is 1. The average molecular weight is 374 g/mol. The fraction of sp³-hybridized carbons (Fsp3) is 0.526. The van der Waals surface area contributed by atoms with E-state index in [2.05, 4.69) is 10.3 Å². The number of amides is 1. The molecule has 0 radical (unpaired) electrons. The van der Waals surface area contributed by atoms with Crippen molar-refractivity contribution in [3.8, 4) is 0 Å². The van der Waals surface area contributed by atoms with E-state index in [-0.39, 0.29) is 18.5 Å². The molecule has 0 spiro atoms. The Labute approximate surface area is 158 Å². The molecule has 146 valence electrons. The van der Waals surface area contributed by atoms with Crippen molar-refractivity contribution in [1.82, 2.24) is 19.8 Å². The third kappa shape index (κ3) is 4.28. The van der Waals surface area contributed by atoms with E-state index in [0.29, 0.717) is 30.9 Å². The first-order valence-corrected chi connectivity index (χ1v) is 8.97. The van der Waals surface area contributed by atoms with Crippen LogP contribution in [0, 0.1) is 0 Å². The molecule has 1 aliphatic heterocycles. The average Bonchev–Trinajstić information content (AvgIpc) is 2.94. The molecule has 2 aromatic heterocycles. The van der Waals surface area contributed by atoms with Crippen LogP contribution in [-0.2, 0) is 20.8 Å². The lowest BCUT2D eigenvalue weighted by atomic mass is 10.2. The van der Waals surface area contributed by atoms with E-state index in [1.807, 2.05) is 26.8 Å². The van der Waals surface area contributed by atoms with E-state index in [1.165, 1.54) is 4.57 Å². The number of nitrogens with one attached hydrogen (secondary N) is 1. The van der Waals surface area contributed by atoms with Gasteiger partial charge in [-0.25, -0.2) is 9.36 Å². The minimum atomic E-state index is -0.624. The van der Waals surface area contributed by atoms with Gasteiger partial charge in [0.1, 0.15) is 5.60 Å². The fourth-order valence-corrected chi connectivity index (χ4v) is 3.25. The molecule has 0 bridgehead atoms. The summed E-state index contributed by atoms with van der Waals surface area (Å²) in [7, 11) is 1.61. The molecule has 1 fully saturated rings. The number of carbonyl (C=O) groups is 2. The van der Waals surface area contributed by atoms with E-state index < -0.39 is 11.7 Å². The number of piperazine rings is 1. The zero-order valence-electron chi connectivity index (χ0n) is 16.2. The van der Waals surface area contributed by atoms with Crippen molar-refractivity contribution >= 4 is 22.9 Å². The molecule has 27 heavy (non-hydrogen) atoms. The molecule has 3 heterocycles. The monoisotopic (exact) mass is 374 g/mol. The van der Waals surface area contributed by atoms with Gasteiger partial charge in [-0.05, 0) is 32.9 Å². The Morgan fingerprint density at radius 2 is 2.19 bits per heavy atom. The van der Waals surface area contributed by atoms with Crippen molar-refractivity contribution in [2.24, 2.45) is 0 Å². The Balaban J connectivity index is 1.99. The van der Waals surface area contributed by atoms with Crippen LogP contribution in [0.2, 0.25) is 0 Å². The molecular formula is C19H26N4O4. The number of pyridine rings is 1. The summed E-state index contributed by atoms with van der Waals surface area (Å²) < 4.78 is 12.4. The van der Waals surface area contributed by atoms with Crippen LogP contribution in [0.15, 0.2) is 24.5 Å². The molecule has 0 aliphatic carbocycles. The van der Waals surface area contributed by atoms with Crippen LogP contribution in [0.3, 0.4) is 0 Å². The van der Waals surface area contributed by atoms with E-state index >= 15 is 0 Å². The first kappa shape index (κ1) is 19.3. The first-order chi connectivity index (χ1) is 12.8. The highest BCUT2D eigenvalue weighted by molar-refractivity contribution is 5.90. The van der Waals surface area contributed by atoms with Gasteiger partial charge in [0.2, 0.25) is 5.91 Å². The molecule has 3 rings (SSSR count). The molecule has 8 heteroatoms. The van der Waals surface area contributed by atoms with Gasteiger partial charge in [0.05, 0.1) is 31.3 Å². The van der Waals surface area contributed by atoms with Crippen LogP contribution in [0.5, 0.6) is 0 Å². The first-order valence-electron chi connectivity index (χ1n) is 8.97. The van der Waals surface area contributed by atoms with Crippen molar-refractivity contribution in [3.63, 3.8) is 0 Å². The zero-order chi connectivity index (χ0) is 19.6. The van der Waals surface area contributed by atoms with Gasteiger partial charge in [0, 0.05) is 37.1 Å². The second kappa shape index (κ2) is 7.66. The van der Waals surface area contributed by atoms with Crippen molar-refractivity contribution in [2.75, 3.05) is 26.8 Å². The lowest BCUT2D eigenvalue weighted by Crippen LogP contribution is -2.56. The van der Waals surface area contributed by atoms with Crippen LogP contribution in [0.4, 0.5) is 4.79 Å². The summed E-state index contributed by atoms with van der Waals surface area (Å²) >= 11 is 0. The standard InChI is InChI=1S/C19H26N4O4/c1-19(2,3)27-18(25)23-14(7-13-8-20-6-5-16(13)23)11-22-15(12-26-4)9-21-10-17(22)24/h5-8,15,21H,9-12H2,1-4H3/t15-/m1/s1. The largest absolute Gasteiger partial charge is 0.443 e. The van der Waals surface area contributed by atoms with E-state index in [9.17, 15) is 9.59 Å². The van der Waals surface area contributed by atoms with Crippen LogP contribution in [0.1, 0.15) is 26.5 Å². The van der Waals surface area contributed by atoms with Crippen molar-refractivity contribution < 1.29 is 19.1 Å². The van der Waals surface area contributed by atoms with Gasteiger partial charge in [0.15, 0.2) is 0 Å². The number of ether oxygens (including phenoxy) is 2. The normalized spacial score (nSPS) is 18.1. The van der Waals surface area contributed by atoms with Crippen molar-refractivity contribution in [2.45, 2.75) is 39.0 Å². The fourth-order valence-electron chi connectivity index (χ4n) is 3.25. The van der Waals surface area contributed by atoms with E-state index in [4.69, 9.17) is 9.47 Å².